The van der Waals surface area contributed by atoms with Gasteiger partial charge < -0.3 is 19.9 Å². The number of benzene rings is 1. The fourth-order valence-electron chi connectivity index (χ4n) is 2.27. The second kappa shape index (κ2) is 5.82. The monoisotopic (exact) mass is 341 g/mol. The van der Waals surface area contributed by atoms with Crippen LogP contribution in [0, 0.1) is 0 Å². The van der Waals surface area contributed by atoms with Crippen LogP contribution in [0.4, 0.5) is 11.4 Å². The summed E-state index contributed by atoms with van der Waals surface area (Å²) >= 11 is 1.50. The molecule has 0 unspecified atom stereocenters. The molecule has 4 rings (SSSR count). The van der Waals surface area contributed by atoms with Crippen LogP contribution >= 0.6 is 11.3 Å². The van der Waals surface area contributed by atoms with E-state index in [-0.39, 0.29) is 18.2 Å². The third kappa shape index (κ3) is 2.74. The summed E-state index contributed by atoms with van der Waals surface area (Å²) in [6.07, 6.45) is 0. The first-order valence-electron chi connectivity index (χ1n) is 7.08. The molecule has 8 heteroatoms. The topological polar surface area (TPSA) is 93.5 Å². The van der Waals surface area contributed by atoms with E-state index in [1.54, 1.807) is 24.3 Å². The van der Waals surface area contributed by atoms with Crippen molar-refractivity contribution in [2.45, 2.75) is 0 Å². The van der Waals surface area contributed by atoms with Crippen molar-refractivity contribution in [1.82, 2.24) is 5.16 Å². The van der Waals surface area contributed by atoms with Crippen LogP contribution in [0.25, 0.3) is 10.6 Å². The van der Waals surface area contributed by atoms with E-state index in [0.29, 0.717) is 22.9 Å². The molecule has 1 aromatic carbocycles. The predicted molar refractivity (Wildman–Crippen MR) is 88.3 cm³/mol. The molecule has 0 bridgehead atoms. The minimum atomic E-state index is -0.399. The Bertz CT molecular complexity index is 917. The Morgan fingerprint density at radius 1 is 1.29 bits per heavy atom. The summed E-state index contributed by atoms with van der Waals surface area (Å²) in [5.74, 6) is 0.475. The molecule has 2 N–H and O–H groups in total. The maximum absolute atomic E-state index is 12.3. The van der Waals surface area contributed by atoms with Crippen LogP contribution in [-0.4, -0.2) is 23.6 Å². The molecule has 1 aliphatic rings. The number of rotatable bonds is 3. The summed E-state index contributed by atoms with van der Waals surface area (Å²) in [7, 11) is 0. The zero-order valence-electron chi connectivity index (χ0n) is 12.2. The summed E-state index contributed by atoms with van der Waals surface area (Å²) in [5, 5.41) is 11.1. The molecule has 3 heterocycles. The van der Waals surface area contributed by atoms with Gasteiger partial charge in [-0.25, -0.2) is 0 Å². The zero-order chi connectivity index (χ0) is 16.5. The van der Waals surface area contributed by atoms with Gasteiger partial charge in [0.15, 0.2) is 18.1 Å². The molecule has 2 amide bonds. The predicted octanol–water partition coefficient (Wildman–Crippen LogP) is 2.99. The second-order valence-electron chi connectivity index (χ2n) is 5.06. The number of hydrogen-bond donors (Lipinski definition) is 2. The average molecular weight is 341 g/mol. The first-order valence-corrected chi connectivity index (χ1v) is 7.96. The average Bonchev–Trinajstić information content (AvgIpc) is 3.25. The summed E-state index contributed by atoms with van der Waals surface area (Å²) in [6.45, 7) is -0.0108. The van der Waals surface area contributed by atoms with E-state index < -0.39 is 5.91 Å². The number of carbonyl (C=O) groups is 2. The minimum absolute atomic E-state index is 0.0108. The molecule has 3 aromatic rings. The van der Waals surface area contributed by atoms with Gasteiger partial charge in [0.05, 0.1) is 10.6 Å². The van der Waals surface area contributed by atoms with Gasteiger partial charge in [-0.1, -0.05) is 11.2 Å². The van der Waals surface area contributed by atoms with Crippen LogP contribution in [0.15, 0.2) is 46.3 Å². The first kappa shape index (κ1) is 14.5. The number of aromatic nitrogens is 1. The zero-order valence-corrected chi connectivity index (χ0v) is 13.1. The van der Waals surface area contributed by atoms with Gasteiger partial charge in [0.25, 0.3) is 11.8 Å². The minimum Gasteiger partial charge on any atom is -0.482 e. The molecule has 0 spiro atoms. The fourth-order valence-corrected chi connectivity index (χ4v) is 2.95. The Balaban J connectivity index is 1.52. The number of hydrogen-bond acceptors (Lipinski definition) is 6. The van der Waals surface area contributed by atoms with E-state index >= 15 is 0 Å². The third-order valence-electron chi connectivity index (χ3n) is 3.38. The Morgan fingerprint density at radius 2 is 2.21 bits per heavy atom. The normalized spacial score (nSPS) is 12.9. The van der Waals surface area contributed by atoms with Gasteiger partial charge in [-0.2, -0.15) is 0 Å². The number of fused-ring (bicyclic) bond motifs is 1. The molecular weight excluding hydrogens is 330 g/mol. The lowest BCUT2D eigenvalue weighted by atomic mass is 10.2. The molecule has 24 heavy (non-hydrogen) atoms. The van der Waals surface area contributed by atoms with Crippen LogP contribution in [-0.2, 0) is 4.79 Å². The van der Waals surface area contributed by atoms with Crippen LogP contribution in [0.1, 0.15) is 10.5 Å². The van der Waals surface area contributed by atoms with E-state index in [1.807, 2.05) is 17.5 Å². The first-order chi connectivity index (χ1) is 11.7. The number of nitrogens with zero attached hydrogens (tertiary/aromatic N) is 1. The molecule has 0 atom stereocenters. The molecule has 0 saturated heterocycles. The highest BCUT2D eigenvalue weighted by atomic mass is 32.1. The highest BCUT2D eigenvalue weighted by Gasteiger charge is 2.18. The summed E-state index contributed by atoms with van der Waals surface area (Å²) < 4.78 is 10.5. The van der Waals surface area contributed by atoms with E-state index in [4.69, 9.17) is 9.26 Å². The van der Waals surface area contributed by atoms with E-state index in [1.165, 1.54) is 11.3 Å². The maximum Gasteiger partial charge on any atom is 0.277 e. The van der Waals surface area contributed by atoms with Gasteiger partial charge in [0.2, 0.25) is 0 Å². The van der Waals surface area contributed by atoms with Crippen molar-refractivity contribution >= 4 is 34.5 Å². The summed E-state index contributed by atoms with van der Waals surface area (Å²) in [6, 6.07) is 10.4. The van der Waals surface area contributed by atoms with Crippen LogP contribution in [0.3, 0.4) is 0 Å². The smallest absolute Gasteiger partial charge is 0.277 e. The van der Waals surface area contributed by atoms with Crippen molar-refractivity contribution in [2.24, 2.45) is 0 Å². The highest BCUT2D eigenvalue weighted by Crippen LogP contribution is 2.31. The Morgan fingerprint density at radius 3 is 3.04 bits per heavy atom. The number of amides is 2. The van der Waals surface area contributed by atoms with Crippen LogP contribution in [0.5, 0.6) is 5.75 Å². The van der Waals surface area contributed by atoms with Crippen molar-refractivity contribution in [3.63, 3.8) is 0 Å². The molecular formula is C16H11N3O4S. The van der Waals surface area contributed by atoms with Crippen molar-refractivity contribution < 1.29 is 18.8 Å². The highest BCUT2D eigenvalue weighted by molar-refractivity contribution is 7.13. The molecule has 2 aromatic heterocycles. The Kier molecular flexibility index (Phi) is 3.51. The van der Waals surface area contributed by atoms with Gasteiger partial charge >= 0.3 is 0 Å². The fraction of sp³-hybridized carbons (Fsp3) is 0.0625. The lowest BCUT2D eigenvalue weighted by Crippen LogP contribution is -2.25. The number of ether oxygens (including phenoxy) is 1. The van der Waals surface area contributed by atoms with Crippen molar-refractivity contribution in [3.8, 4) is 16.4 Å². The van der Waals surface area contributed by atoms with E-state index in [2.05, 4.69) is 15.8 Å². The number of nitrogens with one attached hydrogen (secondary N) is 2. The van der Waals surface area contributed by atoms with Gasteiger partial charge in [-0.05, 0) is 29.6 Å². The molecule has 7 nitrogen and oxygen atoms in total. The van der Waals surface area contributed by atoms with E-state index in [9.17, 15) is 9.59 Å². The van der Waals surface area contributed by atoms with Gasteiger partial charge in [0.1, 0.15) is 5.75 Å². The van der Waals surface area contributed by atoms with Crippen LogP contribution < -0.4 is 15.4 Å². The maximum atomic E-state index is 12.3. The largest absolute Gasteiger partial charge is 0.482 e. The molecule has 0 radical (unpaired) electrons. The number of thiophene rings is 1. The van der Waals surface area contributed by atoms with Crippen molar-refractivity contribution in [2.75, 3.05) is 17.2 Å². The quantitative estimate of drug-likeness (QED) is 0.764. The molecule has 0 saturated carbocycles. The molecule has 120 valence electrons. The van der Waals surface area contributed by atoms with Gasteiger partial charge in [0, 0.05) is 11.8 Å². The summed E-state index contributed by atoms with van der Waals surface area (Å²) in [5.41, 5.74) is 1.21. The molecule has 0 fully saturated rings. The van der Waals surface area contributed by atoms with Crippen LogP contribution in [0.2, 0.25) is 0 Å². The Labute approximate surface area is 140 Å². The summed E-state index contributed by atoms with van der Waals surface area (Å²) in [4.78, 5) is 24.5. The van der Waals surface area contributed by atoms with E-state index in [0.717, 1.165) is 4.88 Å². The number of carbonyl (C=O) groups excluding carboxylic acids is 2. The number of anilines is 2. The SMILES string of the molecule is O=C1COc2ccc(NC(=O)c3cc(-c4cccs4)on3)cc2N1. The van der Waals surface area contributed by atoms with Crippen molar-refractivity contribution in [1.29, 1.82) is 0 Å². The molecule has 1 aliphatic heterocycles. The third-order valence-corrected chi connectivity index (χ3v) is 4.26. The lowest BCUT2D eigenvalue weighted by molar-refractivity contribution is -0.118. The second-order valence-corrected chi connectivity index (χ2v) is 6.00. The molecule has 0 aliphatic carbocycles. The standard InChI is InChI=1S/C16H11N3O4S/c20-15-8-22-12-4-3-9(6-10(12)18-15)17-16(21)11-7-13(23-19-11)14-2-1-5-24-14/h1-7H,8H2,(H,17,21)(H,18,20). The van der Waals surface area contributed by atoms with Gasteiger partial charge in [-0.15, -0.1) is 11.3 Å². The Hall–Kier alpha value is -3.13. The van der Waals surface area contributed by atoms with Gasteiger partial charge in [-0.3, -0.25) is 9.59 Å². The van der Waals surface area contributed by atoms with Crippen molar-refractivity contribution in [3.05, 3.63) is 47.5 Å². The lowest BCUT2D eigenvalue weighted by Gasteiger charge is -2.18.